The third-order valence-corrected chi connectivity index (χ3v) is 7.86. The Balaban J connectivity index is 1.57. The molecule has 0 aromatic rings. The molecule has 2 saturated carbocycles. The minimum atomic E-state index is -0.358. The SMILES string of the molecule is CC1(CC[C@H]2C3(CC[C@H]4C(C)(C)CCC[C@@]42C)CO3)OCCO1. The number of fused-ring (bicyclic) bond motifs is 1. The zero-order chi connectivity index (χ0) is 16.3. The maximum absolute atomic E-state index is 6.10. The van der Waals surface area contributed by atoms with E-state index in [1.54, 1.807) is 0 Å². The van der Waals surface area contributed by atoms with Crippen molar-refractivity contribution in [2.75, 3.05) is 19.8 Å². The molecule has 4 rings (SSSR count). The van der Waals surface area contributed by atoms with Crippen molar-refractivity contribution >= 4 is 0 Å². The zero-order valence-electron chi connectivity index (χ0n) is 15.5. The Morgan fingerprint density at radius 1 is 0.913 bits per heavy atom. The van der Waals surface area contributed by atoms with Gasteiger partial charge in [-0.25, -0.2) is 0 Å². The van der Waals surface area contributed by atoms with Crippen molar-refractivity contribution < 1.29 is 14.2 Å². The minimum absolute atomic E-state index is 0.188. The van der Waals surface area contributed by atoms with Gasteiger partial charge < -0.3 is 14.2 Å². The normalized spacial score (nSPS) is 47.5. The van der Waals surface area contributed by atoms with Gasteiger partial charge in [0.25, 0.3) is 0 Å². The molecule has 0 amide bonds. The summed E-state index contributed by atoms with van der Waals surface area (Å²) in [5.41, 5.74) is 1.09. The highest BCUT2D eigenvalue weighted by molar-refractivity contribution is 5.13. The molecule has 3 heteroatoms. The van der Waals surface area contributed by atoms with E-state index in [1.807, 2.05) is 0 Å². The van der Waals surface area contributed by atoms with E-state index < -0.39 is 0 Å². The predicted octanol–water partition coefficient (Wildman–Crippen LogP) is 4.54. The van der Waals surface area contributed by atoms with Gasteiger partial charge in [-0.1, -0.05) is 27.2 Å². The molecule has 2 saturated heterocycles. The van der Waals surface area contributed by atoms with Crippen LogP contribution in [-0.4, -0.2) is 31.2 Å². The van der Waals surface area contributed by atoms with E-state index in [9.17, 15) is 0 Å². The van der Waals surface area contributed by atoms with Gasteiger partial charge in [-0.05, 0) is 61.7 Å². The molecule has 0 N–H and O–H groups in total. The van der Waals surface area contributed by atoms with Crippen molar-refractivity contribution in [2.45, 2.75) is 84.0 Å². The molecule has 2 aliphatic carbocycles. The molecule has 4 atom stereocenters. The molecule has 2 heterocycles. The van der Waals surface area contributed by atoms with Crippen molar-refractivity contribution in [3.63, 3.8) is 0 Å². The van der Waals surface area contributed by atoms with Crippen LogP contribution >= 0.6 is 0 Å². The zero-order valence-corrected chi connectivity index (χ0v) is 15.5. The van der Waals surface area contributed by atoms with Crippen molar-refractivity contribution in [3.05, 3.63) is 0 Å². The highest BCUT2D eigenvalue weighted by Gasteiger charge is 2.65. The van der Waals surface area contributed by atoms with Crippen LogP contribution in [0.3, 0.4) is 0 Å². The molecule has 1 unspecified atom stereocenters. The van der Waals surface area contributed by atoms with Gasteiger partial charge >= 0.3 is 0 Å². The largest absolute Gasteiger partial charge is 0.369 e. The number of hydrogen-bond acceptors (Lipinski definition) is 3. The van der Waals surface area contributed by atoms with Gasteiger partial charge in [-0.2, -0.15) is 0 Å². The van der Waals surface area contributed by atoms with Crippen LogP contribution in [0.5, 0.6) is 0 Å². The summed E-state index contributed by atoms with van der Waals surface area (Å²) in [6.45, 7) is 12.2. The summed E-state index contributed by atoms with van der Waals surface area (Å²) >= 11 is 0. The van der Waals surface area contributed by atoms with Crippen LogP contribution in [-0.2, 0) is 14.2 Å². The fraction of sp³-hybridized carbons (Fsp3) is 1.00. The maximum atomic E-state index is 6.10. The fourth-order valence-electron chi connectivity index (χ4n) is 6.61. The van der Waals surface area contributed by atoms with Crippen molar-refractivity contribution in [1.82, 2.24) is 0 Å². The minimum Gasteiger partial charge on any atom is -0.369 e. The Hall–Kier alpha value is -0.120. The lowest BCUT2D eigenvalue weighted by Gasteiger charge is -2.59. The first-order valence-corrected chi connectivity index (χ1v) is 9.72. The van der Waals surface area contributed by atoms with E-state index >= 15 is 0 Å². The highest BCUT2D eigenvalue weighted by Crippen LogP contribution is 2.66. The van der Waals surface area contributed by atoms with Crippen LogP contribution in [0.15, 0.2) is 0 Å². The van der Waals surface area contributed by atoms with Gasteiger partial charge in [0.05, 0.1) is 25.4 Å². The van der Waals surface area contributed by atoms with E-state index in [4.69, 9.17) is 14.2 Å². The van der Waals surface area contributed by atoms with Crippen LogP contribution in [0.1, 0.15) is 72.6 Å². The Kier molecular flexibility index (Phi) is 3.69. The molecule has 2 aliphatic heterocycles. The molecule has 0 bridgehead atoms. The van der Waals surface area contributed by atoms with E-state index in [1.165, 1.54) is 38.5 Å². The first-order valence-electron chi connectivity index (χ1n) is 9.72. The van der Waals surface area contributed by atoms with Gasteiger partial charge in [0.15, 0.2) is 5.79 Å². The summed E-state index contributed by atoms with van der Waals surface area (Å²) < 4.78 is 17.8. The second-order valence-electron chi connectivity index (χ2n) is 9.71. The van der Waals surface area contributed by atoms with E-state index in [0.29, 0.717) is 16.7 Å². The molecule has 0 radical (unpaired) electrons. The van der Waals surface area contributed by atoms with Gasteiger partial charge in [-0.15, -0.1) is 0 Å². The fourth-order valence-corrected chi connectivity index (χ4v) is 6.61. The van der Waals surface area contributed by atoms with Crippen LogP contribution < -0.4 is 0 Å². The van der Waals surface area contributed by atoms with Crippen molar-refractivity contribution in [2.24, 2.45) is 22.7 Å². The van der Waals surface area contributed by atoms with Gasteiger partial charge in [-0.3, -0.25) is 0 Å². The summed E-state index contributed by atoms with van der Waals surface area (Å²) in [4.78, 5) is 0. The molecule has 23 heavy (non-hydrogen) atoms. The molecular formula is C20H34O3. The molecular weight excluding hydrogens is 288 g/mol. The van der Waals surface area contributed by atoms with Crippen LogP contribution in [0.2, 0.25) is 0 Å². The van der Waals surface area contributed by atoms with E-state index in [-0.39, 0.29) is 11.4 Å². The summed E-state index contributed by atoms with van der Waals surface area (Å²) in [5.74, 6) is 1.14. The summed E-state index contributed by atoms with van der Waals surface area (Å²) in [7, 11) is 0. The standard InChI is InChI=1S/C20H34O3/c1-17(2)8-5-9-18(3)15(17)7-11-20(14-23-20)16(18)6-10-19(4)21-12-13-22-19/h15-16H,5-14H2,1-4H3/t15-,16+,18-,20?/m0/s1. The predicted molar refractivity (Wildman–Crippen MR) is 90.2 cm³/mol. The first kappa shape index (κ1) is 16.4. The summed E-state index contributed by atoms with van der Waals surface area (Å²) in [6, 6.07) is 0. The number of rotatable bonds is 3. The Labute approximate surface area is 141 Å². The van der Waals surface area contributed by atoms with E-state index in [2.05, 4.69) is 27.7 Å². The number of epoxide rings is 1. The molecule has 1 spiro atoms. The lowest BCUT2D eigenvalue weighted by molar-refractivity contribution is -0.162. The monoisotopic (exact) mass is 322 g/mol. The lowest BCUT2D eigenvalue weighted by Crippen LogP contribution is -2.54. The average Bonchev–Trinajstić information content (AvgIpc) is 3.09. The Morgan fingerprint density at radius 2 is 1.61 bits per heavy atom. The second kappa shape index (κ2) is 5.19. The van der Waals surface area contributed by atoms with Gasteiger partial charge in [0.2, 0.25) is 0 Å². The summed E-state index contributed by atoms with van der Waals surface area (Å²) in [6.07, 6.45) is 8.93. The maximum Gasteiger partial charge on any atom is 0.165 e. The lowest BCUT2D eigenvalue weighted by atomic mass is 9.45. The van der Waals surface area contributed by atoms with E-state index in [0.717, 1.165) is 32.2 Å². The van der Waals surface area contributed by atoms with Crippen molar-refractivity contribution in [1.29, 1.82) is 0 Å². The smallest absolute Gasteiger partial charge is 0.165 e. The average molecular weight is 322 g/mol. The van der Waals surface area contributed by atoms with Crippen LogP contribution in [0, 0.1) is 22.7 Å². The molecule has 132 valence electrons. The molecule has 4 aliphatic rings. The second-order valence-corrected chi connectivity index (χ2v) is 9.71. The first-order chi connectivity index (χ1) is 10.8. The highest BCUT2D eigenvalue weighted by atomic mass is 16.7. The Morgan fingerprint density at radius 3 is 2.26 bits per heavy atom. The van der Waals surface area contributed by atoms with Gasteiger partial charge in [0.1, 0.15) is 0 Å². The van der Waals surface area contributed by atoms with Crippen LogP contribution in [0.25, 0.3) is 0 Å². The number of hydrogen-bond donors (Lipinski definition) is 0. The van der Waals surface area contributed by atoms with Crippen molar-refractivity contribution in [3.8, 4) is 0 Å². The topological polar surface area (TPSA) is 31.0 Å². The Bertz CT molecular complexity index is 462. The summed E-state index contributed by atoms with van der Waals surface area (Å²) in [5, 5.41) is 0. The number of ether oxygens (including phenoxy) is 3. The quantitative estimate of drug-likeness (QED) is 0.715. The third kappa shape index (κ3) is 2.58. The third-order valence-electron chi connectivity index (χ3n) is 7.86. The van der Waals surface area contributed by atoms with Gasteiger partial charge in [0, 0.05) is 6.42 Å². The molecule has 0 aromatic carbocycles. The molecule has 0 aromatic heterocycles. The van der Waals surface area contributed by atoms with Crippen LogP contribution in [0.4, 0.5) is 0 Å². The molecule has 4 fully saturated rings. The molecule has 3 nitrogen and oxygen atoms in total.